The number of rotatable bonds is 5. The van der Waals surface area contributed by atoms with Crippen molar-refractivity contribution >= 4 is 22.8 Å². The Morgan fingerprint density at radius 1 is 1.21 bits per heavy atom. The van der Waals surface area contributed by atoms with E-state index in [0.717, 1.165) is 12.8 Å². The molecule has 1 saturated heterocycles. The van der Waals surface area contributed by atoms with E-state index in [1.165, 1.54) is 4.90 Å². The molecule has 2 fully saturated rings. The van der Waals surface area contributed by atoms with Crippen LogP contribution in [0.25, 0.3) is 10.9 Å². The van der Waals surface area contributed by atoms with Crippen LogP contribution in [0.4, 0.5) is 4.79 Å². The maximum absolute atomic E-state index is 13.1. The van der Waals surface area contributed by atoms with Crippen LogP contribution in [0.1, 0.15) is 45.4 Å². The first kappa shape index (κ1) is 19.6. The molecular weight excluding hydrogens is 370 g/mol. The summed E-state index contributed by atoms with van der Waals surface area (Å²) in [6, 6.07) is 6.85. The Bertz CT molecular complexity index is 993. The summed E-state index contributed by atoms with van der Waals surface area (Å²) in [5.41, 5.74) is -0.294. The summed E-state index contributed by atoms with van der Waals surface area (Å²) in [6.07, 6.45) is 3.28. The molecule has 1 spiro atoms. The number of aromatic amines is 1. The van der Waals surface area contributed by atoms with Gasteiger partial charge in [0, 0.05) is 0 Å². The van der Waals surface area contributed by atoms with Crippen LogP contribution in [0, 0.1) is 5.92 Å². The van der Waals surface area contributed by atoms with Gasteiger partial charge >= 0.3 is 6.03 Å². The molecule has 2 aromatic rings. The van der Waals surface area contributed by atoms with Gasteiger partial charge in [-0.3, -0.25) is 14.5 Å². The van der Waals surface area contributed by atoms with Crippen LogP contribution in [0.2, 0.25) is 0 Å². The number of para-hydroxylation sites is 1. The van der Waals surface area contributed by atoms with Crippen molar-refractivity contribution in [1.82, 2.24) is 25.1 Å². The number of H-pyrrole nitrogens is 1. The van der Waals surface area contributed by atoms with Crippen LogP contribution in [0.3, 0.4) is 0 Å². The lowest BCUT2D eigenvalue weighted by atomic mass is 9.77. The summed E-state index contributed by atoms with van der Waals surface area (Å²) >= 11 is 0. The maximum atomic E-state index is 13.1. The highest BCUT2D eigenvalue weighted by Crippen LogP contribution is 2.36. The number of nitrogens with zero attached hydrogens (tertiary/aromatic N) is 3. The second-order valence-electron chi connectivity index (χ2n) is 8.24. The van der Waals surface area contributed by atoms with E-state index in [4.69, 9.17) is 0 Å². The fourth-order valence-electron chi connectivity index (χ4n) is 4.28. The van der Waals surface area contributed by atoms with Crippen molar-refractivity contribution < 1.29 is 9.59 Å². The summed E-state index contributed by atoms with van der Waals surface area (Å²) in [7, 11) is 0. The second-order valence-corrected chi connectivity index (χ2v) is 8.24. The van der Waals surface area contributed by atoms with Crippen molar-refractivity contribution in [1.29, 1.82) is 0 Å². The molecule has 8 nitrogen and oxygen atoms in total. The van der Waals surface area contributed by atoms with Gasteiger partial charge in [0.1, 0.15) is 11.4 Å². The molecule has 4 rings (SSSR count). The van der Waals surface area contributed by atoms with Crippen molar-refractivity contribution in [3.8, 4) is 0 Å². The number of nitrogens with one attached hydrogen (secondary N) is 2. The van der Waals surface area contributed by atoms with Gasteiger partial charge in [0.05, 0.1) is 24.1 Å². The van der Waals surface area contributed by atoms with Crippen LogP contribution < -0.4 is 10.9 Å². The summed E-state index contributed by atoms with van der Waals surface area (Å²) in [5, 5.41) is 3.50. The highest BCUT2D eigenvalue weighted by molar-refractivity contribution is 6.07. The monoisotopic (exact) mass is 397 g/mol. The Morgan fingerprint density at radius 3 is 2.66 bits per heavy atom. The number of amides is 3. The SMILES string of the molecule is CCN(Cc1nc2ccccc2c(=O)[nH]1)CN1C(=O)NC2(CCC(C)CC2)C1=O. The predicted molar refractivity (Wildman–Crippen MR) is 109 cm³/mol. The van der Waals surface area contributed by atoms with Gasteiger partial charge < -0.3 is 10.3 Å². The van der Waals surface area contributed by atoms with Crippen LogP contribution in [0.15, 0.2) is 29.1 Å². The van der Waals surface area contributed by atoms with E-state index in [2.05, 4.69) is 22.2 Å². The fraction of sp³-hybridized carbons (Fsp3) is 0.524. The number of imide groups is 1. The molecule has 8 heteroatoms. The lowest BCUT2D eigenvalue weighted by Gasteiger charge is -2.34. The van der Waals surface area contributed by atoms with Gasteiger partial charge in [-0.05, 0) is 50.3 Å². The van der Waals surface area contributed by atoms with Gasteiger partial charge in [-0.2, -0.15) is 0 Å². The van der Waals surface area contributed by atoms with Crippen LogP contribution in [-0.4, -0.2) is 50.5 Å². The van der Waals surface area contributed by atoms with Crippen molar-refractivity contribution in [2.24, 2.45) is 5.92 Å². The molecule has 0 unspecified atom stereocenters. The fourth-order valence-corrected chi connectivity index (χ4v) is 4.28. The van der Waals surface area contributed by atoms with Crippen molar-refractivity contribution in [2.75, 3.05) is 13.2 Å². The number of aromatic nitrogens is 2. The normalized spacial score (nSPS) is 24.7. The van der Waals surface area contributed by atoms with Gasteiger partial charge in [0.25, 0.3) is 11.5 Å². The summed E-state index contributed by atoms with van der Waals surface area (Å²) in [4.78, 5) is 48.5. The summed E-state index contributed by atoms with van der Waals surface area (Å²) in [6.45, 7) is 5.27. The van der Waals surface area contributed by atoms with E-state index in [0.29, 0.717) is 48.6 Å². The van der Waals surface area contributed by atoms with Gasteiger partial charge in [-0.15, -0.1) is 0 Å². The number of benzene rings is 1. The topological polar surface area (TPSA) is 98.4 Å². The molecule has 2 aliphatic rings. The van der Waals surface area contributed by atoms with Gasteiger partial charge in [-0.25, -0.2) is 14.7 Å². The van der Waals surface area contributed by atoms with Gasteiger partial charge in [0.15, 0.2) is 0 Å². The minimum atomic E-state index is -0.738. The number of hydrogen-bond acceptors (Lipinski definition) is 5. The molecule has 154 valence electrons. The highest BCUT2D eigenvalue weighted by Gasteiger charge is 2.52. The minimum Gasteiger partial charge on any atom is -0.323 e. The average molecular weight is 397 g/mol. The Labute approximate surface area is 169 Å². The molecule has 1 aromatic carbocycles. The first-order chi connectivity index (χ1) is 13.9. The average Bonchev–Trinajstić information content (AvgIpc) is 2.94. The van der Waals surface area contributed by atoms with E-state index in [1.54, 1.807) is 18.2 Å². The van der Waals surface area contributed by atoms with Crippen molar-refractivity contribution in [3.63, 3.8) is 0 Å². The Hall–Kier alpha value is -2.74. The lowest BCUT2D eigenvalue weighted by molar-refractivity contribution is -0.134. The molecule has 2 N–H and O–H groups in total. The largest absolute Gasteiger partial charge is 0.326 e. The van der Waals surface area contributed by atoms with E-state index in [-0.39, 0.29) is 24.2 Å². The number of carbonyl (C=O) groups excluding carboxylic acids is 2. The third-order valence-electron chi connectivity index (χ3n) is 6.20. The second kappa shape index (κ2) is 7.59. The smallest absolute Gasteiger partial charge is 0.323 e. The van der Waals surface area contributed by atoms with Crippen molar-refractivity contribution in [2.45, 2.75) is 51.6 Å². The molecule has 0 atom stereocenters. The van der Waals surface area contributed by atoms with Gasteiger partial charge in [0.2, 0.25) is 0 Å². The number of fused-ring (bicyclic) bond motifs is 1. The molecule has 3 amide bonds. The highest BCUT2D eigenvalue weighted by atomic mass is 16.2. The zero-order valence-corrected chi connectivity index (χ0v) is 16.9. The van der Waals surface area contributed by atoms with E-state index < -0.39 is 5.54 Å². The summed E-state index contributed by atoms with van der Waals surface area (Å²) in [5.74, 6) is 0.971. The molecule has 2 heterocycles. The predicted octanol–water partition coefficient (Wildman–Crippen LogP) is 2.20. The van der Waals surface area contributed by atoms with Crippen LogP contribution in [-0.2, 0) is 11.3 Å². The van der Waals surface area contributed by atoms with Crippen LogP contribution in [0.5, 0.6) is 0 Å². The number of carbonyl (C=O) groups is 2. The third kappa shape index (κ3) is 3.64. The Morgan fingerprint density at radius 2 is 1.93 bits per heavy atom. The minimum absolute atomic E-state index is 0.132. The third-order valence-corrected chi connectivity index (χ3v) is 6.20. The van der Waals surface area contributed by atoms with Crippen molar-refractivity contribution in [3.05, 3.63) is 40.4 Å². The molecule has 1 aliphatic heterocycles. The van der Waals surface area contributed by atoms with Crippen LogP contribution >= 0.6 is 0 Å². The molecular formula is C21H27N5O3. The molecule has 0 radical (unpaired) electrons. The first-order valence-corrected chi connectivity index (χ1v) is 10.3. The first-order valence-electron chi connectivity index (χ1n) is 10.3. The maximum Gasteiger partial charge on any atom is 0.326 e. The van der Waals surface area contributed by atoms with E-state index in [9.17, 15) is 14.4 Å². The molecule has 1 saturated carbocycles. The molecule has 0 bridgehead atoms. The Kier molecular flexibility index (Phi) is 5.12. The zero-order chi connectivity index (χ0) is 20.6. The Balaban J connectivity index is 1.50. The van der Waals surface area contributed by atoms with E-state index >= 15 is 0 Å². The molecule has 29 heavy (non-hydrogen) atoms. The zero-order valence-electron chi connectivity index (χ0n) is 16.9. The number of urea groups is 1. The standard InChI is InChI=1S/C21H27N5O3/c1-3-25(12-17-22-16-7-5-4-6-15(16)18(27)23-17)13-26-19(28)21(24-20(26)29)10-8-14(2)9-11-21/h4-7,14H,3,8-13H2,1-2H3,(H,24,29)(H,22,23,27). The molecule has 1 aromatic heterocycles. The number of hydrogen-bond donors (Lipinski definition) is 2. The summed E-state index contributed by atoms with van der Waals surface area (Å²) < 4.78 is 0. The van der Waals surface area contributed by atoms with E-state index in [1.807, 2.05) is 17.9 Å². The lowest BCUT2D eigenvalue weighted by Crippen LogP contribution is -2.50. The molecule has 1 aliphatic carbocycles. The van der Waals surface area contributed by atoms with Gasteiger partial charge in [-0.1, -0.05) is 26.0 Å². The quantitative estimate of drug-likeness (QED) is 0.754.